The van der Waals surface area contributed by atoms with Crippen LogP contribution < -0.4 is 5.73 Å². The summed E-state index contributed by atoms with van der Waals surface area (Å²) >= 11 is 7.72. The highest BCUT2D eigenvalue weighted by Crippen LogP contribution is 2.34. The Bertz CT molecular complexity index is 738. The van der Waals surface area contributed by atoms with Gasteiger partial charge in [-0.2, -0.15) is 0 Å². The number of nitrogens with two attached hydrogens (primary N) is 1. The van der Waals surface area contributed by atoms with E-state index in [0.29, 0.717) is 5.02 Å². The number of thiophene rings is 1. The van der Waals surface area contributed by atoms with Crippen molar-refractivity contribution in [2.75, 3.05) is 0 Å². The summed E-state index contributed by atoms with van der Waals surface area (Å²) in [6.07, 6.45) is 0. The summed E-state index contributed by atoms with van der Waals surface area (Å²) in [6, 6.07) is 12.1. The van der Waals surface area contributed by atoms with Gasteiger partial charge in [0.15, 0.2) is 0 Å². The second-order valence-corrected chi connectivity index (χ2v) is 5.65. The summed E-state index contributed by atoms with van der Waals surface area (Å²) in [4.78, 5) is 0. The van der Waals surface area contributed by atoms with Crippen LogP contribution in [0.4, 0.5) is 4.39 Å². The molecule has 2 aromatic carbocycles. The predicted octanol–water partition coefficient (Wildman–Crippen LogP) is 4.74. The highest BCUT2D eigenvalue weighted by Gasteiger charge is 2.16. The Balaban J connectivity index is 2.10. The fraction of sp³-hybridized carbons (Fsp3) is 0.0667. The van der Waals surface area contributed by atoms with Gasteiger partial charge >= 0.3 is 0 Å². The van der Waals surface area contributed by atoms with E-state index in [-0.39, 0.29) is 11.9 Å². The fourth-order valence-corrected chi connectivity index (χ4v) is 3.44. The van der Waals surface area contributed by atoms with E-state index in [9.17, 15) is 4.39 Å². The van der Waals surface area contributed by atoms with Crippen LogP contribution in [0.15, 0.2) is 47.8 Å². The third kappa shape index (κ3) is 2.25. The lowest BCUT2D eigenvalue weighted by Crippen LogP contribution is -2.11. The monoisotopic (exact) mass is 291 g/mol. The normalized spacial score (nSPS) is 12.8. The molecule has 0 saturated heterocycles. The van der Waals surface area contributed by atoms with Gasteiger partial charge in [0.1, 0.15) is 5.82 Å². The van der Waals surface area contributed by atoms with Gasteiger partial charge in [0.25, 0.3) is 0 Å². The molecule has 0 fully saturated rings. The Morgan fingerprint density at radius 1 is 1.11 bits per heavy atom. The van der Waals surface area contributed by atoms with Crippen molar-refractivity contribution in [3.63, 3.8) is 0 Å². The lowest BCUT2D eigenvalue weighted by Gasteiger charge is -2.13. The van der Waals surface area contributed by atoms with Crippen molar-refractivity contribution in [3.8, 4) is 0 Å². The summed E-state index contributed by atoms with van der Waals surface area (Å²) in [5, 5.41) is 3.53. The summed E-state index contributed by atoms with van der Waals surface area (Å²) in [5.74, 6) is -0.351. The zero-order valence-corrected chi connectivity index (χ0v) is 11.5. The summed E-state index contributed by atoms with van der Waals surface area (Å²) in [5.41, 5.74) is 8.04. The SMILES string of the molecule is NC(c1ccc(F)cc1Cl)c1csc2ccccc12. The molecule has 1 aromatic heterocycles. The van der Waals surface area contributed by atoms with Crippen LogP contribution in [-0.4, -0.2) is 0 Å². The second kappa shape index (κ2) is 4.93. The molecular formula is C15H11ClFNS. The molecule has 96 valence electrons. The first-order valence-corrected chi connectivity index (χ1v) is 7.09. The molecule has 0 bridgehead atoms. The van der Waals surface area contributed by atoms with Gasteiger partial charge in [-0.1, -0.05) is 35.9 Å². The zero-order chi connectivity index (χ0) is 13.4. The Kier molecular flexibility index (Phi) is 3.27. The molecule has 0 aliphatic carbocycles. The van der Waals surface area contributed by atoms with Crippen molar-refractivity contribution in [2.24, 2.45) is 5.73 Å². The smallest absolute Gasteiger partial charge is 0.124 e. The minimum absolute atomic E-state index is 0.343. The number of hydrogen-bond donors (Lipinski definition) is 1. The molecule has 0 aliphatic heterocycles. The minimum atomic E-state index is -0.351. The van der Waals surface area contributed by atoms with Gasteiger partial charge in [-0.3, -0.25) is 0 Å². The molecule has 0 spiro atoms. The third-order valence-electron chi connectivity index (χ3n) is 3.14. The molecule has 0 radical (unpaired) electrons. The maximum atomic E-state index is 13.1. The maximum absolute atomic E-state index is 13.1. The average molecular weight is 292 g/mol. The van der Waals surface area contributed by atoms with Crippen molar-refractivity contribution in [3.05, 3.63) is 69.8 Å². The van der Waals surface area contributed by atoms with Gasteiger partial charge < -0.3 is 5.73 Å². The topological polar surface area (TPSA) is 26.0 Å². The van der Waals surface area contributed by atoms with Crippen LogP contribution in [0.2, 0.25) is 5.02 Å². The van der Waals surface area contributed by atoms with Gasteiger partial charge in [-0.15, -0.1) is 11.3 Å². The molecule has 3 aromatic rings. The predicted molar refractivity (Wildman–Crippen MR) is 79.3 cm³/mol. The molecule has 0 amide bonds. The number of benzene rings is 2. The van der Waals surface area contributed by atoms with Crippen molar-refractivity contribution in [1.29, 1.82) is 0 Å². The molecule has 0 saturated carbocycles. The molecule has 1 atom stereocenters. The van der Waals surface area contributed by atoms with Crippen molar-refractivity contribution in [1.82, 2.24) is 0 Å². The van der Waals surface area contributed by atoms with Crippen molar-refractivity contribution in [2.45, 2.75) is 6.04 Å². The number of halogens is 2. The number of hydrogen-bond acceptors (Lipinski definition) is 2. The minimum Gasteiger partial charge on any atom is -0.320 e. The molecule has 1 unspecified atom stereocenters. The molecule has 2 N–H and O–H groups in total. The fourth-order valence-electron chi connectivity index (χ4n) is 2.16. The molecule has 3 rings (SSSR count). The maximum Gasteiger partial charge on any atom is 0.124 e. The van der Waals surface area contributed by atoms with Gasteiger partial charge in [0.05, 0.1) is 6.04 Å². The summed E-state index contributed by atoms with van der Waals surface area (Å²) in [7, 11) is 0. The molecule has 1 nitrogen and oxygen atoms in total. The van der Waals surface area contributed by atoms with E-state index in [1.807, 2.05) is 23.6 Å². The van der Waals surface area contributed by atoms with Crippen LogP contribution in [-0.2, 0) is 0 Å². The van der Waals surface area contributed by atoms with Gasteiger partial charge in [0.2, 0.25) is 0 Å². The van der Waals surface area contributed by atoms with Gasteiger partial charge in [-0.05, 0) is 40.1 Å². The van der Waals surface area contributed by atoms with E-state index in [1.54, 1.807) is 17.4 Å². The Labute approximate surface area is 119 Å². The highest BCUT2D eigenvalue weighted by molar-refractivity contribution is 7.17. The van der Waals surface area contributed by atoms with E-state index in [0.717, 1.165) is 16.5 Å². The zero-order valence-electron chi connectivity index (χ0n) is 9.94. The lowest BCUT2D eigenvalue weighted by molar-refractivity contribution is 0.626. The summed E-state index contributed by atoms with van der Waals surface area (Å²) < 4.78 is 14.3. The van der Waals surface area contributed by atoms with E-state index < -0.39 is 0 Å². The van der Waals surface area contributed by atoms with E-state index >= 15 is 0 Å². The standard InChI is InChI=1S/C15H11ClFNS/c16-13-7-9(17)5-6-11(13)15(18)12-8-19-14-4-2-1-3-10(12)14/h1-8,15H,18H2. The van der Waals surface area contributed by atoms with Crippen LogP contribution in [0.25, 0.3) is 10.1 Å². The quantitative estimate of drug-likeness (QED) is 0.725. The van der Waals surface area contributed by atoms with Crippen LogP contribution in [0.3, 0.4) is 0 Å². The number of fused-ring (bicyclic) bond motifs is 1. The lowest BCUT2D eigenvalue weighted by atomic mass is 9.99. The van der Waals surface area contributed by atoms with Crippen molar-refractivity contribution >= 4 is 33.0 Å². The Morgan fingerprint density at radius 3 is 2.68 bits per heavy atom. The first-order valence-electron chi connectivity index (χ1n) is 5.83. The third-order valence-corrected chi connectivity index (χ3v) is 4.45. The Hall–Kier alpha value is -1.42. The van der Waals surface area contributed by atoms with Gasteiger partial charge in [-0.25, -0.2) is 4.39 Å². The summed E-state index contributed by atoms with van der Waals surface area (Å²) in [6.45, 7) is 0. The first kappa shape index (κ1) is 12.6. The molecule has 1 heterocycles. The molecule has 0 aliphatic rings. The van der Waals surface area contributed by atoms with E-state index in [4.69, 9.17) is 17.3 Å². The Morgan fingerprint density at radius 2 is 1.89 bits per heavy atom. The van der Waals surface area contributed by atoms with Crippen LogP contribution >= 0.6 is 22.9 Å². The second-order valence-electron chi connectivity index (χ2n) is 4.33. The average Bonchev–Trinajstić information content (AvgIpc) is 2.82. The van der Waals surface area contributed by atoms with Crippen LogP contribution in [0.1, 0.15) is 17.2 Å². The number of rotatable bonds is 2. The molecular weight excluding hydrogens is 281 g/mol. The van der Waals surface area contributed by atoms with Crippen molar-refractivity contribution < 1.29 is 4.39 Å². The van der Waals surface area contributed by atoms with E-state index in [1.165, 1.54) is 16.8 Å². The highest BCUT2D eigenvalue weighted by atomic mass is 35.5. The van der Waals surface area contributed by atoms with Crippen LogP contribution in [0, 0.1) is 5.82 Å². The van der Waals surface area contributed by atoms with Crippen LogP contribution in [0.5, 0.6) is 0 Å². The molecule has 19 heavy (non-hydrogen) atoms. The van der Waals surface area contributed by atoms with Gasteiger partial charge in [0, 0.05) is 9.72 Å². The molecule has 4 heteroatoms. The van der Waals surface area contributed by atoms with E-state index in [2.05, 4.69) is 6.07 Å². The first-order chi connectivity index (χ1) is 9.16. The largest absolute Gasteiger partial charge is 0.320 e.